The van der Waals surface area contributed by atoms with Crippen LogP contribution in [0.3, 0.4) is 0 Å². The fraction of sp³-hybridized carbons (Fsp3) is 0.529. The Bertz CT molecular complexity index is 522. The van der Waals surface area contributed by atoms with E-state index in [9.17, 15) is 4.79 Å². The fourth-order valence-electron chi connectivity index (χ4n) is 2.41. The van der Waals surface area contributed by atoms with Crippen molar-refractivity contribution in [1.29, 1.82) is 0 Å². The number of rotatable bonds is 7. The highest BCUT2D eigenvalue weighted by Gasteiger charge is 2.14. The van der Waals surface area contributed by atoms with Crippen molar-refractivity contribution in [2.45, 2.75) is 19.8 Å². The van der Waals surface area contributed by atoms with Gasteiger partial charge in [0.2, 0.25) is 0 Å². The van der Waals surface area contributed by atoms with E-state index in [1.807, 2.05) is 24.3 Å². The predicted molar refractivity (Wildman–Crippen MR) is 89.8 cm³/mol. The van der Waals surface area contributed by atoms with Crippen LogP contribution in [0.1, 0.15) is 25.3 Å². The standard InChI is InChI=1S/C17H25N3O3/c1-3-4-16(14-5-7-15(22-2)8-6-14)18-19-17(21)13-20-9-11-23-12-10-20/h5-8H,3-4,9-13H2,1-2H3,(H,19,21)/b18-16-. The first-order valence-electron chi connectivity index (χ1n) is 8.03. The van der Waals surface area contributed by atoms with Gasteiger partial charge < -0.3 is 9.47 Å². The van der Waals surface area contributed by atoms with Crippen LogP contribution in [-0.2, 0) is 9.53 Å². The normalized spacial score (nSPS) is 16.2. The van der Waals surface area contributed by atoms with Gasteiger partial charge in [-0.1, -0.05) is 13.3 Å². The molecule has 0 atom stereocenters. The molecule has 1 aliphatic heterocycles. The molecule has 126 valence electrons. The Morgan fingerprint density at radius 3 is 2.61 bits per heavy atom. The van der Waals surface area contributed by atoms with Gasteiger partial charge in [-0.25, -0.2) is 5.43 Å². The van der Waals surface area contributed by atoms with Crippen molar-refractivity contribution in [3.63, 3.8) is 0 Å². The number of benzene rings is 1. The molecule has 1 aromatic carbocycles. The SMILES string of the molecule is CCC/C(=N/NC(=O)CN1CCOCC1)c1ccc(OC)cc1. The molecule has 0 bridgehead atoms. The summed E-state index contributed by atoms with van der Waals surface area (Å²) in [6, 6.07) is 7.72. The number of morpholine rings is 1. The lowest BCUT2D eigenvalue weighted by molar-refractivity contribution is -0.123. The number of nitrogens with zero attached hydrogens (tertiary/aromatic N) is 2. The lowest BCUT2D eigenvalue weighted by Gasteiger charge is -2.25. The number of amides is 1. The van der Waals surface area contributed by atoms with Gasteiger partial charge in [-0.05, 0) is 36.2 Å². The van der Waals surface area contributed by atoms with Crippen LogP contribution in [0, 0.1) is 0 Å². The number of ether oxygens (including phenoxy) is 2. The van der Waals surface area contributed by atoms with Gasteiger partial charge in [0.25, 0.3) is 5.91 Å². The number of carbonyl (C=O) groups excluding carboxylic acids is 1. The van der Waals surface area contributed by atoms with E-state index in [1.54, 1.807) is 7.11 Å². The van der Waals surface area contributed by atoms with Crippen LogP contribution in [0.25, 0.3) is 0 Å². The molecule has 1 fully saturated rings. The highest BCUT2D eigenvalue weighted by atomic mass is 16.5. The minimum absolute atomic E-state index is 0.0889. The van der Waals surface area contributed by atoms with E-state index < -0.39 is 0 Å². The molecule has 1 aromatic rings. The molecule has 0 radical (unpaired) electrons. The molecule has 1 saturated heterocycles. The summed E-state index contributed by atoms with van der Waals surface area (Å²) in [5.41, 5.74) is 4.56. The molecule has 0 aliphatic carbocycles. The number of carbonyl (C=O) groups is 1. The summed E-state index contributed by atoms with van der Waals surface area (Å²) in [7, 11) is 1.64. The van der Waals surface area contributed by atoms with E-state index in [-0.39, 0.29) is 5.91 Å². The largest absolute Gasteiger partial charge is 0.497 e. The number of hydrogen-bond acceptors (Lipinski definition) is 5. The van der Waals surface area contributed by atoms with Crippen molar-refractivity contribution in [3.8, 4) is 5.75 Å². The molecule has 1 heterocycles. The molecular formula is C17H25N3O3. The first kappa shape index (κ1) is 17.4. The summed E-state index contributed by atoms with van der Waals surface area (Å²) >= 11 is 0. The maximum atomic E-state index is 12.0. The van der Waals surface area contributed by atoms with E-state index >= 15 is 0 Å². The summed E-state index contributed by atoms with van der Waals surface area (Å²) < 4.78 is 10.4. The Hall–Kier alpha value is -1.92. The van der Waals surface area contributed by atoms with E-state index in [0.717, 1.165) is 43.0 Å². The van der Waals surface area contributed by atoms with Crippen molar-refractivity contribution >= 4 is 11.6 Å². The monoisotopic (exact) mass is 319 g/mol. The van der Waals surface area contributed by atoms with E-state index in [1.165, 1.54) is 0 Å². The maximum Gasteiger partial charge on any atom is 0.254 e. The third-order valence-corrected chi connectivity index (χ3v) is 3.70. The molecule has 2 rings (SSSR count). The second kappa shape index (κ2) is 9.27. The summed E-state index contributed by atoms with van der Waals surface area (Å²) in [5.74, 6) is 0.718. The Kier molecular flexibility index (Phi) is 7.03. The molecule has 0 spiro atoms. The quantitative estimate of drug-likeness (QED) is 0.613. The molecule has 0 aromatic heterocycles. The summed E-state index contributed by atoms with van der Waals surface area (Å²) in [5, 5.41) is 4.32. The van der Waals surface area contributed by atoms with Crippen LogP contribution in [0.5, 0.6) is 5.75 Å². The van der Waals surface area contributed by atoms with Crippen molar-refractivity contribution < 1.29 is 14.3 Å². The Labute approximate surface area is 137 Å². The van der Waals surface area contributed by atoms with Gasteiger partial charge >= 0.3 is 0 Å². The highest BCUT2D eigenvalue weighted by molar-refractivity contribution is 6.01. The zero-order valence-electron chi connectivity index (χ0n) is 13.9. The van der Waals surface area contributed by atoms with Crippen LogP contribution >= 0.6 is 0 Å². The molecule has 6 nitrogen and oxygen atoms in total. The van der Waals surface area contributed by atoms with Crippen LogP contribution in [0.2, 0.25) is 0 Å². The van der Waals surface area contributed by atoms with E-state index in [0.29, 0.717) is 19.8 Å². The Balaban J connectivity index is 1.95. The van der Waals surface area contributed by atoms with Gasteiger partial charge in [-0.2, -0.15) is 5.10 Å². The van der Waals surface area contributed by atoms with Gasteiger partial charge in [0.05, 0.1) is 32.6 Å². The topological polar surface area (TPSA) is 63.2 Å². The summed E-state index contributed by atoms with van der Waals surface area (Å²) in [6.45, 7) is 5.39. The zero-order chi connectivity index (χ0) is 16.5. The number of nitrogens with one attached hydrogen (secondary N) is 1. The fourth-order valence-corrected chi connectivity index (χ4v) is 2.41. The smallest absolute Gasteiger partial charge is 0.254 e. The molecular weight excluding hydrogens is 294 g/mol. The molecule has 6 heteroatoms. The van der Waals surface area contributed by atoms with Crippen LogP contribution < -0.4 is 10.2 Å². The van der Waals surface area contributed by atoms with Gasteiger partial charge in [0, 0.05) is 13.1 Å². The third kappa shape index (κ3) is 5.65. The van der Waals surface area contributed by atoms with Crippen molar-refractivity contribution in [3.05, 3.63) is 29.8 Å². The summed E-state index contributed by atoms with van der Waals surface area (Å²) in [6.07, 6.45) is 1.77. The number of hydrazone groups is 1. The summed E-state index contributed by atoms with van der Waals surface area (Å²) in [4.78, 5) is 14.1. The first-order chi connectivity index (χ1) is 11.2. The van der Waals surface area contributed by atoms with Crippen molar-refractivity contribution in [1.82, 2.24) is 10.3 Å². The highest BCUT2D eigenvalue weighted by Crippen LogP contribution is 2.13. The minimum Gasteiger partial charge on any atom is -0.497 e. The Morgan fingerprint density at radius 1 is 1.30 bits per heavy atom. The van der Waals surface area contributed by atoms with Gasteiger partial charge in [0.15, 0.2) is 0 Å². The lowest BCUT2D eigenvalue weighted by Crippen LogP contribution is -2.42. The predicted octanol–water partition coefficient (Wildman–Crippen LogP) is 1.65. The maximum absolute atomic E-state index is 12.0. The molecule has 1 N–H and O–H groups in total. The van der Waals surface area contributed by atoms with E-state index in [2.05, 4.69) is 22.4 Å². The van der Waals surface area contributed by atoms with E-state index in [4.69, 9.17) is 9.47 Å². The van der Waals surface area contributed by atoms with Gasteiger partial charge in [-0.15, -0.1) is 0 Å². The minimum atomic E-state index is -0.0889. The number of methoxy groups -OCH3 is 1. The van der Waals surface area contributed by atoms with Crippen LogP contribution in [0.15, 0.2) is 29.4 Å². The average Bonchev–Trinajstić information content (AvgIpc) is 2.59. The van der Waals surface area contributed by atoms with Gasteiger partial charge in [-0.3, -0.25) is 9.69 Å². The number of hydrogen-bond donors (Lipinski definition) is 1. The molecule has 0 unspecified atom stereocenters. The molecule has 1 aliphatic rings. The molecule has 23 heavy (non-hydrogen) atoms. The van der Waals surface area contributed by atoms with Crippen molar-refractivity contribution in [2.24, 2.45) is 5.10 Å². The van der Waals surface area contributed by atoms with Crippen LogP contribution in [0.4, 0.5) is 0 Å². The Morgan fingerprint density at radius 2 is 2.00 bits per heavy atom. The zero-order valence-corrected chi connectivity index (χ0v) is 13.9. The molecule has 1 amide bonds. The van der Waals surface area contributed by atoms with Crippen molar-refractivity contribution in [2.75, 3.05) is 40.0 Å². The second-order valence-corrected chi connectivity index (χ2v) is 5.46. The molecule has 0 saturated carbocycles. The van der Waals surface area contributed by atoms with Crippen LogP contribution in [-0.4, -0.2) is 56.5 Å². The first-order valence-corrected chi connectivity index (χ1v) is 8.03. The van der Waals surface area contributed by atoms with Gasteiger partial charge in [0.1, 0.15) is 5.75 Å². The third-order valence-electron chi connectivity index (χ3n) is 3.70. The second-order valence-electron chi connectivity index (χ2n) is 5.46. The average molecular weight is 319 g/mol. The lowest BCUT2D eigenvalue weighted by atomic mass is 10.1.